The highest BCUT2D eigenvalue weighted by atomic mass is 35.5. The van der Waals surface area contributed by atoms with Crippen molar-refractivity contribution in [3.05, 3.63) is 35.0 Å². The zero-order valence-electron chi connectivity index (χ0n) is 11.9. The predicted molar refractivity (Wildman–Crippen MR) is 85.2 cm³/mol. The largest absolute Gasteiger partial charge is 0.350 e. The van der Waals surface area contributed by atoms with Crippen LogP contribution in [0.25, 0.3) is 0 Å². The molecule has 1 aromatic heterocycles. The molecule has 0 amide bonds. The molecule has 0 saturated heterocycles. The first-order valence-electron chi connectivity index (χ1n) is 7.20. The van der Waals surface area contributed by atoms with E-state index in [1.54, 1.807) is 6.20 Å². The van der Waals surface area contributed by atoms with Gasteiger partial charge in [0, 0.05) is 16.8 Å². The molecular formula is C15H18ClN5. The third kappa shape index (κ3) is 3.61. The van der Waals surface area contributed by atoms with Crippen molar-refractivity contribution < 1.29 is 0 Å². The summed E-state index contributed by atoms with van der Waals surface area (Å²) in [6.07, 6.45) is 6.52. The molecule has 1 aliphatic carbocycles. The van der Waals surface area contributed by atoms with Gasteiger partial charge in [0.25, 0.3) is 0 Å². The van der Waals surface area contributed by atoms with E-state index in [1.807, 2.05) is 25.1 Å². The van der Waals surface area contributed by atoms with Gasteiger partial charge < -0.3 is 10.6 Å². The third-order valence-corrected chi connectivity index (χ3v) is 3.93. The molecule has 3 rings (SSSR count). The van der Waals surface area contributed by atoms with Gasteiger partial charge in [-0.05, 0) is 43.5 Å². The summed E-state index contributed by atoms with van der Waals surface area (Å²) in [4.78, 5) is 4.47. The highest BCUT2D eigenvalue weighted by Gasteiger charge is 2.16. The van der Waals surface area contributed by atoms with Crippen molar-refractivity contribution in [2.75, 3.05) is 10.6 Å². The minimum atomic E-state index is 0.472. The lowest BCUT2D eigenvalue weighted by atomic mass is 10.2. The van der Waals surface area contributed by atoms with E-state index in [1.165, 1.54) is 25.7 Å². The van der Waals surface area contributed by atoms with Crippen LogP contribution >= 0.6 is 11.6 Å². The number of nitrogens with one attached hydrogen (secondary N) is 2. The smallest absolute Gasteiger partial charge is 0.244 e. The first-order valence-corrected chi connectivity index (χ1v) is 7.58. The van der Waals surface area contributed by atoms with Gasteiger partial charge in [-0.2, -0.15) is 10.1 Å². The molecule has 0 bridgehead atoms. The Labute approximate surface area is 129 Å². The Balaban J connectivity index is 1.73. The molecule has 1 heterocycles. The summed E-state index contributed by atoms with van der Waals surface area (Å²) in [6, 6.07) is 6.17. The fraction of sp³-hybridized carbons (Fsp3) is 0.400. The first-order chi connectivity index (χ1) is 10.2. The molecule has 1 fully saturated rings. The van der Waals surface area contributed by atoms with E-state index in [2.05, 4.69) is 25.8 Å². The number of hydrogen-bond donors (Lipinski definition) is 2. The van der Waals surface area contributed by atoms with E-state index in [-0.39, 0.29) is 0 Å². The van der Waals surface area contributed by atoms with E-state index in [0.717, 1.165) is 16.3 Å². The Kier molecular flexibility index (Phi) is 4.20. The molecule has 2 aromatic rings. The lowest BCUT2D eigenvalue weighted by molar-refractivity contribution is 0.738. The van der Waals surface area contributed by atoms with Crippen molar-refractivity contribution in [2.24, 2.45) is 0 Å². The van der Waals surface area contributed by atoms with Crippen molar-refractivity contribution in [1.29, 1.82) is 0 Å². The number of anilines is 3. The van der Waals surface area contributed by atoms with Crippen LogP contribution in [-0.2, 0) is 0 Å². The molecule has 21 heavy (non-hydrogen) atoms. The van der Waals surface area contributed by atoms with Crippen molar-refractivity contribution in [3.63, 3.8) is 0 Å². The van der Waals surface area contributed by atoms with Crippen LogP contribution in [0.4, 0.5) is 17.5 Å². The number of benzene rings is 1. The lowest BCUT2D eigenvalue weighted by Crippen LogP contribution is -2.17. The van der Waals surface area contributed by atoms with Gasteiger partial charge in [0.15, 0.2) is 5.82 Å². The second kappa shape index (κ2) is 6.26. The van der Waals surface area contributed by atoms with E-state index in [9.17, 15) is 0 Å². The number of halogens is 1. The molecule has 110 valence electrons. The molecule has 2 N–H and O–H groups in total. The van der Waals surface area contributed by atoms with Crippen LogP contribution in [0.2, 0.25) is 5.02 Å². The quantitative estimate of drug-likeness (QED) is 0.896. The Morgan fingerprint density at radius 2 is 2.05 bits per heavy atom. The van der Waals surface area contributed by atoms with Crippen molar-refractivity contribution >= 4 is 29.1 Å². The number of aryl methyl sites for hydroxylation is 1. The van der Waals surface area contributed by atoms with E-state index in [4.69, 9.17) is 11.6 Å². The standard InChI is InChI=1S/C15H18ClN5/c1-10-8-11(16)6-7-13(10)19-14-9-17-21-15(20-14)18-12-4-2-3-5-12/h6-9,12H,2-5H2,1H3,(H2,18,19,20,21). The minimum absolute atomic E-state index is 0.472. The summed E-state index contributed by atoms with van der Waals surface area (Å²) >= 11 is 5.96. The third-order valence-electron chi connectivity index (χ3n) is 3.70. The van der Waals surface area contributed by atoms with Crippen LogP contribution in [0.3, 0.4) is 0 Å². The number of hydrogen-bond acceptors (Lipinski definition) is 5. The zero-order chi connectivity index (χ0) is 14.7. The van der Waals surface area contributed by atoms with Gasteiger partial charge >= 0.3 is 0 Å². The Morgan fingerprint density at radius 3 is 2.81 bits per heavy atom. The van der Waals surface area contributed by atoms with Crippen LogP contribution in [0, 0.1) is 6.92 Å². The molecule has 1 saturated carbocycles. The van der Waals surface area contributed by atoms with E-state index >= 15 is 0 Å². The molecule has 0 unspecified atom stereocenters. The normalized spacial score (nSPS) is 15.1. The summed E-state index contributed by atoms with van der Waals surface area (Å²) in [7, 11) is 0. The Morgan fingerprint density at radius 1 is 1.24 bits per heavy atom. The second-order valence-electron chi connectivity index (χ2n) is 5.38. The topological polar surface area (TPSA) is 62.7 Å². The van der Waals surface area contributed by atoms with Crippen LogP contribution in [-0.4, -0.2) is 21.2 Å². The maximum Gasteiger partial charge on any atom is 0.244 e. The first kappa shape index (κ1) is 14.1. The highest BCUT2D eigenvalue weighted by molar-refractivity contribution is 6.30. The van der Waals surface area contributed by atoms with E-state index < -0.39 is 0 Å². The van der Waals surface area contributed by atoms with Gasteiger partial charge in [-0.1, -0.05) is 24.4 Å². The lowest BCUT2D eigenvalue weighted by Gasteiger charge is -2.13. The molecule has 1 aliphatic rings. The fourth-order valence-electron chi connectivity index (χ4n) is 2.58. The molecule has 0 spiro atoms. The average molecular weight is 304 g/mol. The monoisotopic (exact) mass is 303 g/mol. The molecule has 0 aliphatic heterocycles. The van der Waals surface area contributed by atoms with E-state index in [0.29, 0.717) is 17.8 Å². The van der Waals surface area contributed by atoms with Crippen molar-refractivity contribution in [3.8, 4) is 0 Å². The Hall–Kier alpha value is -1.88. The summed E-state index contributed by atoms with van der Waals surface area (Å²) in [5, 5.41) is 15.4. The average Bonchev–Trinajstić information content (AvgIpc) is 2.95. The SMILES string of the molecule is Cc1cc(Cl)ccc1Nc1cnnc(NC2CCCC2)n1. The number of aromatic nitrogens is 3. The molecule has 0 radical (unpaired) electrons. The molecule has 6 heteroatoms. The molecule has 0 atom stereocenters. The molecule has 1 aromatic carbocycles. The van der Waals surface area contributed by atoms with Gasteiger partial charge in [0.2, 0.25) is 5.95 Å². The summed E-state index contributed by atoms with van der Waals surface area (Å²) in [5.41, 5.74) is 2.03. The van der Waals surface area contributed by atoms with Crippen LogP contribution in [0.15, 0.2) is 24.4 Å². The maximum absolute atomic E-state index is 5.96. The second-order valence-corrected chi connectivity index (χ2v) is 5.81. The van der Waals surface area contributed by atoms with Gasteiger partial charge in [-0.15, -0.1) is 5.10 Å². The molecular weight excluding hydrogens is 286 g/mol. The predicted octanol–water partition coefficient (Wildman–Crippen LogP) is 3.93. The Bertz CT molecular complexity index is 625. The maximum atomic E-state index is 5.96. The van der Waals surface area contributed by atoms with Crippen LogP contribution in [0.1, 0.15) is 31.2 Å². The summed E-state index contributed by atoms with van der Waals surface area (Å²) in [5.74, 6) is 1.26. The fourth-order valence-corrected chi connectivity index (χ4v) is 2.81. The van der Waals surface area contributed by atoms with Gasteiger partial charge in [0.1, 0.15) is 0 Å². The van der Waals surface area contributed by atoms with Crippen molar-refractivity contribution in [1.82, 2.24) is 15.2 Å². The summed E-state index contributed by atoms with van der Waals surface area (Å²) < 4.78 is 0. The minimum Gasteiger partial charge on any atom is -0.350 e. The van der Waals surface area contributed by atoms with Crippen LogP contribution < -0.4 is 10.6 Å². The van der Waals surface area contributed by atoms with Gasteiger partial charge in [-0.25, -0.2) is 0 Å². The molecule has 5 nitrogen and oxygen atoms in total. The van der Waals surface area contributed by atoms with Crippen molar-refractivity contribution in [2.45, 2.75) is 38.6 Å². The number of rotatable bonds is 4. The van der Waals surface area contributed by atoms with Gasteiger partial charge in [-0.3, -0.25) is 0 Å². The van der Waals surface area contributed by atoms with Crippen LogP contribution in [0.5, 0.6) is 0 Å². The van der Waals surface area contributed by atoms with Gasteiger partial charge in [0.05, 0.1) is 6.20 Å². The highest BCUT2D eigenvalue weighted by Crippen LogP contribution is 2.24. The number of nitrogens with zero attached hydrogens (tertiary/aromatic N) is 3. The zero-order valence-corrected chi connectivity index (χ0v) is 12.7. The summed E-state index contributed by atoms with van der Waals surface area (Å²) in [6.45, 7) is 2.00.